The van der Waals surface area contributed by atoms with Crippen molar-refractivity contribution in [3.8, 4) is 0 Å². The predicted octanol–water partition coefficient (Wildman–Crippen LogP) is 1.69. The quantitative estimate of drug-likeness (QED) is 0.483. The van der Waals surface area contributed by atoms with Gasteiger partial charge in [0.15, 0.2) is 0 Å². The molecular formula is C9H23Cl2N2O2Pt. The summed E-state index contributed by atoms with van der Waals surface area (Å²) < 4.78 is 20.5. The van der Waals surface area contributed by atoms with Crippen LogP contribution in [-0.4, -0.2) is 14.1 Å². The molecule has 1 aliphatic rings. The van der Waals surface area contributed by atoms with Crippen molar-refractivity contribution in [2.45, 2.75) is 33.6 Å². The summed E-state index contributed by atoms with van der Waals surface area (Å²) in [6, 6.07) is 0. The van der Waals surface area contributed by atoms with E-state index < -0.39 is 13.7 Å². The molecule has 2 atom stereocenters. The molecule has 1 rings (SSSR count). The SMILES string of the molecule is C[C@H]1C[C@@H](CN)C(C)(C)C1.[NH2][Pt]([OH])([OH])([Cl])[Cl]. The van der Waals surface area contributed by atoms with Gasteiger partial charge in [-0.3, -0.25) is 0 Å². The Morgan fingerprint density at radius 1 is 1.38 bits per heavy atom. The molecule has 0 aromatic carbocycles. The molecule has 0 saturated heterocycles. The van der Waals surface area contributed by atoms with E-state index in [0.29, 0.717) is 5.41 Å². The summed E-state index contributed by atoms with van der Waals surface area (Å²) in [5.74, 6) is 1.66. The Morgan fingerprint density at radius 2 is 1.75 bits per heavy atom. The van der Waals surface area contributed by atoms with Crippen molar-refractivity contribution < 1.29 is 21.3 Å². The Morgan fingerprint density at radius 3 is 1.88 bits per heavy atom. The average molecular weight is 457 g/mol. The van der Waals surface area contributed by atoms with Crippen LogP contribution in [0.5, 0.6) is 0 Å². The van der Waals surface area contributed by atoms with Gasteiger partial charge in [0.25, 0.3) is 0 Å². The molecule has 0 radical (unpaired) electrons. The molecule has 1 saturated carbocycles. The second-order valence-electron chi connectivity index (χ2n) is 5.09. The van der Waals surface area contributed by atoms with E-state index >= 15 is 0 Å². The maximum absolute atomic E-state index is 8.04. The zero-order valence-electron chi connectivity index (χ0n) is 9.90. The summed E-state index contributed by atoms with van der Waals surface area (Å²) in [5, 5.41) is 0. The van der Waals surface area contributed by atoms with E-state index in [0.717, 1.165) is 18.4 Å². The van der Waals surface area contributed by atoms with Crippen molar-refractivity contribution in [2.75, 3.05) is 6.54 Å². The first-order chi connectivity index (χ1) is 6.80. The second-order valence-corrected chi connectivity index (χ2v) is 18.3. The van der Waals surface area contributed by atoms with E-state index in [4.69, 9.17) is 13.3 Å². The van der Waals surface area contributed by atoms with Gasteiger partial charge in [-0.1, -0.05) is 20.8 Å². The molecule has 0 spiro atoms. The van der Waals surface area contributed by atoms with E-state index in [1.54, 1.807) is 0 Å². The number of rotatable bonds is 1. The summed E-state index contributed by atoms with van der Waals surface area (Å²) >= 11 is -5.11. The van der Waals surface area contributed by atoms with Gasteiger partial charge in [0, 0.05) is 0 Å². The molecule has 0 unspecified atom stereocenters. The Hall–Kier alpha value is 1.11. The van der Waals surface area contributed by atoms with Crippen LogP contribution in [0.15, 0.2) is 0 Å². The third kappa shape index (κ3) is 9.17. The predicted molar refractivity (Wildman–Crippen MR) is 65.1 cm³/mol. The molecule has 1 aliphatic carbocycles. The van der Waals surface area contributed by atoms with E-state index in [9.17, 15) is 0 Å². The fraction of sp³-hybridized carbons (Fsp3) is 1.00. The van der Waals surface area contributed by atoms with Crippen LogP contribution in [0, 0.1) is 17.3 Å². The minimum atomic E-state index is -5.11. The van der Waals surface area contributed by atoms with E-state index in [1.165, 1.54) is 12.8 Å². The Kier molecular flexibility index (Phi) is 5.77. The van der Waals surface area contributed by atoms with Gasteiger partial charge in [0.1, 0.15) is 0 Å². The van der Waals surface area contributed by atoms with Crippen molar-refractivity contribution in [3.05, 3.63) is 0 Å². The standard InChI is InChI=1S/C9H19N.2ClH.H2N.2H2O.Pt/c1-7-4-8(6-10)9(2,3)5-7;;;;;;/h7-8H,4-6,10H2,1-3H3;2*1H;3*1H2;/q;;;-1;;;+5/p-4/t7-,8-;;;;;;/m0....../s1. The molecule has 0 amide bonds. The Bertz CT molecular complexity index is 224. The Balaban J connectivity index is 0.000000325. The molecule has 16 heavy (non-hydrogen) atoms. The fourth-order valence-electron chi connectivity index (χ4n) is 2.37. The van der Waals surface area contributed by atoms with Gasteiger partial charge in [-0.05, 0) is 36.6 Å². The fourth-order valence-corrected chi connectivity index (χ4v) is 2.37. The van der Waals surface area contributed by atoms with Crippen molar-refractivity contribution in [3.63, 3.8) is 0 Å². The molecule has 7 heteroatoms. The van der Waals surface area contributed by atoms with E-state index in [2.05, 4.69) is 43.9 Å². The van der Waals surface area contributed by atoms with Crippen LogP contribution >= 0.6 is 18.8 Å². The van der Waals surface area contributed by atoms with Gasteiger partial charge in [0.05, 0.1) is 0 Å². The van der Waals surface area contributed by atoms with Gasteiger partial charge < -0.3 is 5.73 Å². The first kappa shape index (κ1) is 17.1. The van der Waals surface area contributed by atoms with Crippen molar-refractivity contribution >= 4 is 18.8 Å². The van der Waals surface area contributed by atoms with Crippen LogP contribution in [0.4, 0.5) is 0 Å². The number of hydrogen-bond acceptors (Lipinski definition) is 4. The summed E-state index contributed by atoms with van der Waals surface area (Å²) in [7, 11) is 9.25. The number of nitrogens with two attached hydrogens (primary N) is 2. The molecular weight excluding hydrogens is 434 g/mol. The zero-order valence-corrected chi connectivity index (χ0v) is 13.7. The van der Waals surface area contributed by atoms with E-state index in [1.807, 2.05) is 0 Å². The molecule has 0 aromatic rings. The van der Waals surface area contributed by atoms with Crippen LogP contribution in [0.2, 0.25) is 0 Å². The molecule has 0 aliphatic heterocycles. The van der Waals surface area contributed by atoms with E-state index in [-0.39, 0.29) is 0 Å². The van der Waals surface area contributed by atoms with Crippen LogP contribution in [0.25, 0.3) is 0 Å². The summed E-state index contributed by atoms with van der Waals surface area (Å²) in [5.41, 5.74) is 6.18. The zero-order chi connectivity index (χ0) is 13.2. The van der Waals surface area contributed by atoms with Gasteiger partial charge in [-0.25, -0.2) is 0 Å². The summed E-state index contributed by atoms with van der Waals surface area (Å²) in [4.78, 5) is 0. The molecule has 105 valence electrons. The van der Waals surface area contributed by atoms with Gasteiger partial charge in [-0.15, -0.1) is 0 Å². The second kappa shape index (κ2) is 5.39. The van der Waals surface area contributed by atoms with Gasteiger partial charge >= 0.3 is 44.4 Å². The molecule has 0 heterocycles. The first-order valence-electron chi connectivity index (χ1n) is 4.97. The average Bonchev–Trinajstić information content (AvgIpc) is 2.17. The molecule has 0 aromatic heterocycles. The van der Waals surface area contributed by atoms with Crippen LogP contribution < -0.4 is 10.0 Å². The monoisotopic (exact) mass is 456 g/mol. The van der Waals surface area contributed by atoms with Crippen LogP contribution in [0.1, 0.15) is 33.6 Å². The molecule has 6 N–H and O–H groups in total. The van der Waals surface area contributed by atoms with Gasteiger partial charge in [-0.2, -0.15) is 0 Å². The summed E-state index contributed by atoms with van der Waals surface area (Å²) in [6.07, 6.45) is 2.69. The molecule has 4 nitrogen and oxygen atoms in total. The van der Waals surface area contributed by atoms with Crippen LogP contribution in [0.3, 0.4) is 0 Å². The van der Waals surface area contributed by atoms with Gasteiger partial charge in [0.2, 0.25) is 0 Å². The van der Waals surface area contributed by atoms with Crippen molar-refractivity contribution in [1.82, 2.24) is 0 Å². The first-order valence-corrected chi connectivity index (χ1v) is 13.9. The van der Waals surface area contributed by atoms with Crippen LogP contribution in [-0.2, 0) is 13.7 Å². The normalized spacial score (nSPS) is 31.2. The maximum atomic E-state index is 8.04. The molecule has 1 fully saturated rings. The topological polar surface area (TPSA) is 92.5 Å². The number of halogens is 2. The third-order valence-electron chi connectivity index (χ3n) is 2.95. The van der Waals surface area contributed by atoms with Crippen molar-refractivity contribution in [2.24, 2.45) is 27.3 Å². The summed E-state index contributed by atoms with van der Waals surface area (Å²) in [6.45, 7) is 7.89. The third-order valence-corrected chi connectivity index (χ3v) is 2.95. The molecule has 0 bridgehead atoms. The Labute approximate surface area is 107 Å². The van der Waals surface area contributed by atoms with Crippen molar-refractivity contribution in [1.29, 1.82) is 0 Å². The number of hydrogen-bond donors (Lipinski definition) is 4. The minimum absolute atomic E-state index is 0.508.